The van der Waals surface area contributed by atoms with Gasteiger partial charge in [-0.15, -0.1) is 0 Å². The average Bonchev–Trinajstić information content (AvgIpc) is 2.89. The van der Waals surface area contributed by atoms with Gasteiger partial charge in [0.1, 0.15) is 17.5 Å². The number of nitrogens with zero attached hydrogens (tertiary/aromatic N) is 1. The molecule has 1 atom stereocenters. The van der Waals surface area contributed by atoms with Gasteiger partial charge in [0.25, 0.3) is 5.91 Å². The number of amides is 1. The van der Waals surface area contributed by atoms with Crippen molar-refractivity contribution in [1.29, 1.82) is 0 Å². The van der Waals surface area contributed by atoms with E-state index >= 15 is 0 Å². The first kappa shape index (κ1) is 25.7. The van der Waals surface area contributed by atoms with E-state index in [0.29, 0.717) is 50.2 Å². The van der Waals surface area contributed by atoms with Gasteiger partial charge in [0, 0.05) is 40.3 Å². The monoisotopic (exact) mass is 521 g/mol. The van der Waals surface area contributed by atoms with Crippen LogP contribution in [0.5, 0.6) is 23.0 Å². The minimum absolute atomic E-state index is 0.104. The summed E-state index contributed by atoms with van der Waals surface area (Å²) in [7, 11) is 1.50. The summed E-state index contributed by atoms with van der Waals surface area (Å²) in [4.78, 5) is 27.7. The minimum Gasteiger partial charge on any atom is -0.493 e. The Hall–Kier alpha value is -4.34. The first-order valence-electron chi connectivity index (χ1n) is 11.3. The second-order valence-electron chi connectivity index (χ2n) is 8.00. The fraction of sp³-hybridized carbons (Fsp3) is 0.148. The topological polar surface area (TPSA) is 133 Å². The largest absolute Gasteiger partial charge is 0.493 e. The number of nitrogens with one attached hydrogen (secondary N) is 1. The van der Waals surface area contributed by atoms with Gasteiger partial charge in [0.2, 0.25) is 0 Å². The van der Waals surface area contributed by atoms with E-state index < -0.39 is 12.0 Å². The van der Waals surface area contributed by atoms with E-state index in [0.717, 1.165) is 0 Å². The van der Waals surface area contributed by atoms with E-state index in [-0.39, 0.29) is 18.9 Å². The number of carbonyl (C=O) groups is 2. The van der Waals surface area contributed by atoms with Gasteiger partial charge < -0.3 is 30.4 Å². The lowest BCUT2D eigenvalue weighted by Gasteiger charge is -2.15. The second-order valence-corrected chi connectivity index (χ2v) is 8.44. The molecule has 0 saturated carbocycles. The third-order valence-corrected chi connectivity index (χ3v) is 5.69. The number of rotatable bonds is 10. The quantitative estimate of drug-likeness (QED) is 0.262. The third kappa shape index (κ3) is 6.46. The number of ether oxygens (including phenoxy) is 3. The lowest BCUT2D eigenvalue weighted by molar-refractivity contribution is -0.138. The average molecular weight is 522 g/mol. The molecule has 1 amide bonds. The van der Waals surface area contributed by atoms with Crippen LogP contribution in [0.1, 0.15) is 16.8 Å². The zero-order valence-corrected chi connectivity index (χ0v) is 20.6. The van der Waals surface area contributed by atoms with Gasteiger partial charge >= 0.3 is 5.97 Å². The molecule has 1 unspecified atom stereocenters. The predicted molar refractivity (Wildman–Crippen MR) is 140 cm³/mol. The fourth-order valence-corrected chi connectivity index (χ4v) is 3.57. The van der Waals surface area contributed by atoms with Crippen LogP contribution in [0.2, 0.25) is 5.02 Å². The zero-order valence-electron chi connectivity index (χ0n) is 19.8. The number of methoxy groups -OCH3 is 1. The van der Waals surface area contributed by atoms with E-state index in [4.69, 9.17) is 36.7 Å². The van der Waals surface area contributed by atoms with Crippen molar-refractivity contribution in [3.05, 3.63) is 83.5 Å². The van der Waals surface area contributed by atoms with Crippen LogP contribution in [0, 0.1) is 0 Å². The number of hydrogen-bond donors (Lipinski definition) is 3. The van der Waals surface area contributed by atoms with Crippen LogP contribution in [-0.2, 0) is 4.79 Å². The molecule has 0 aliphatic heterocycles. The van der Waals surface area contributed by atoms with Crippen molar-refractivity contribution in [2.75, 3.05) is 19.0 Å². The van der Waals surface area contributed by atoms with Crippen molar-refractivity contribution in [2.45, 2.75) is 12.5 Å². The Morgan fingerprint density at radius 1 is 1.03 bits per heavy atom. The van der Waals surface area contributed by atoms with E-state index in [1.54, 1.807) is 72.9 Å². The first-order valence-corrected chi connectivity index (χ1v) is 11.6. The summed E-state index contributed by atoms with van der Waals surface area (Å²) in [6.45, 7) is 0.104. The number of pyridine rings is 1. The number of benzene rings is 3. The maximum atomic E-state index is 12.4. The molecule has 0 fully saturated rings. The maximum Gasteiger partial charge on any atom is 0.320 e. The number of aromatic nitrogens is 1. The highest BCUT2D eigenvalue weighted by atomic mass is 35.5. The number of halogens is 1. The SMILES string of the molecule is COc1cc2c(Oc3ccc(NC(=O)c4ccc(Cl)cc4)cc3)ccnc2cc1OCCC(N)C(=O)O. The maximum absolute atomic E-state index is 12.4. The van der Waals surface area contributed by atoms with E-state index in [9.17, 15) is 9.59 Å². The van der Waals surface area contributed by atoms with E-state index in [1.165, 1.54) is 7.11 Å². The van der Waals surface area contributed by atoms with Crippen molar-refractivity contribution in [1.82, 2.24) is 4.98 Å². The van der Waals surface area contributed by atoms with Gasteiger partial charge in [-0.1, -0.05) is 11.6 Å². The van der Waals surface area contributed by atoms with Gasteiger partial charge in [0.05, 0.1) is 19.2 Å². The van der Waals surface area contributed by atoms with Gasteiger partial charge in [-0.2, -0.15) is 0 Å². The molecule has 4 rings (SSSR count). The Labute approximate surface area is 217 Å². The van der Waals surface area contributed by atoms with Crippen molar-refractivity contribution >= 4 is 40.1 Å². The number of carboxylic acids is 1. The number of hydrogen-bond acceptors (Lipinski definition) is 7. The zero-order chi connectivity index (χ0) is 26.4. The van der Waals surface area contributed by atoms with E-state index in [1.807, 2.05) is 0 Å². The lowest BCUT2D eigenvalue weighted by atomic mass is 10.1. The first-order chi connectivity index (χ1) is 17.8. The fourth-order valence-electron chi connectivity index (χ4n) is 3.45. The molecule has 0 aliphatic carbocycles. The summed E-state index contributed by atoms with van der Waals surface area (Å²) < 4.78 is 17.2. The molecule has 9 nitrogen and oxygen atoms in total. The Morgan fingerprint density at radius 2 is 1.76 bits per heavy atom. The molecule has 0 saturated heterocycles. The molecule has 37 heavy (non-hydrogen) atoms. The normalized spacial score (nSPS) is 11.5. The van der Waals surface area contributed by atoms with Crippen LogP contribution < -0.4 is 25.3 Å². The van der Waals surface area contributed by atoms with Crippen molar-refractivity contribution in [2.24, 2.45) is 5.73 Å². The summed E-state index contributed by atoms with van der Waals surface area (Å²) >= 11 is 5.88. The summed E-state index contributed by atoms with van der Waals surface area (Å²) in [5.41, 5.74) is 7.24. The highest BCUT2D eigenvalue weighted by Gasteiger charge is 2.15. The number of aliphatic carboxylic acids is 1. The van der Waals surface area contributed by atoms with Crippen LogP contribution in [0.3, 0.4) is 0 Å². The smallest absolute Gasteiger partial charge is 0.320 e. The standard InChI is InChI=1S/C27H24ClN3O6/c1-35-24-14-20-22(15-25(24)36-13-11-21(29)27(33)34)30-12-10-23(20)37-19-8-6-18(7-9-19)31-26(32)16-2-4-17(28)5-3-16/h2-10,12,14-15,21H,11,13,29H2,1H3,(H,31,32)(H,33,34). The summed E-state index contributed by atoms with van der Waals surface area (Å²) in [6.07, 6.45) is 1.75. The Balaban J connectivity index is 1.47. The molecule has 0 aliphatic rings. The predicted octanol–water partition coefficient (Wildman–Crippen LogP) is 5.12. The van der Waals surface area contributed by atoms with Crippen molar-refractivity contribution < 1.29 is 28.9 Å². The Morgan fingerprint density at radius 3 is 2.43 bits per heavy atom. The van der Waals surface area contributed by atoms with Gasteiger partial charge in [-0.05, 0) is 60.7 Å². The van der Waals surface area contributed by atoms with Crippen LogP contribution >= 0.6 is 11.6 Å². The third-order valence-electron chi connectivity index (χ3n) is 5.44. The van der Waals surface area contributed by atoms with Crippen LogP contribution in [-0.4, -0.2) is 41.7 Å². The van der Waals surface area contributed by atoms with Gasteiger partial charge in [0.15, 0.2) is 11.5 Å². The van der Waals surface area contributed by atoms with Crippen molar-refractivity contribution in [3.63, 3.8) is 0 Å². The highest BCUT2D eigenvalue weighted by Crippen LogP contribution is 2.37. The van der Waals surface area contributed by atoms with Gasteiger partial charge in [-0.25, -0.2) is 0 Å². The molecule has 0 bridgehead atoms. The molecule has 1 heterocycles. The Kier molecular flexibility index (Phi) is 8.07. The molecule has 3 aromatic carbocycles. The molecule has 0 spiro atoms. The van der Waals surface area contributed by atoms with Crippen molar-refractivity contribution in [3.8, 4) is 23.0 Å². The lowest BCUT2D eigenvalue weighted by Crippen LogP contribution is -2.31. The second kappa shape index (κ2) is 11.6. The summed E-state index contributed by atoms with van der Waals surface area (Å²) in [5.74, 6) is 0.613. The van der Waals surface area contributed by atoms with Crippen LogP contribution in [0.4, 0.5) is 5.69 Å². The molecular weight excluding hydrogens is 498 g/mol. The molecule has 4 N–H and O–H groups in total. The molecule has 1 aromatic heterocycles. The number of fused-ring (bicyclic) bond motifs is 1. The number of carbonyl (C=O) groups excluding carboxylic acids is 1. The molecular formula is C27H24ClN3O6. The number of nitrogens with two attached hydrogens (primary N) is 1. The van der Waals surface area contributed by atoms with Crippen LogP contribution in [0.25, 0.3) is 10.9 Å². The molecule has 190 valence electrons. The highest BCUT2D eigenvalue weighted by molar-refractivity contribution is 6.30. The number of carboxylic acid groups (broad SMARTS) is 1. The minimum atomic E-state index is -1.09. The summed E-state index contributed by atoms with van der Waals surface area (Å²) in [6, 6.07) is 17.7. The molecule has 0 radical (unpaired) electrons. The Bertz CT molecular complexity index is 1410. The number of anilines is 1. The molecule has 10 heteroatoms. The van der Waals surface area contributed by atoms with Gasteiger partial charge in [-0.3, -0.25) is 14.6 Å². The van der Waals surface area contributed by atoms with E-state index in [2.05, 4.69) is 10.3 Å². The molecule has 4 aromatic rings. The summed E-state index contributed by atoms with van der Waals surface area (Å²) in [5, 5.41) is 13.0. The van der Waals surface area contributed by atoms with Crippen LogP contribution in [0.15, 0.2) is 72.9 Å².